The summed E-state index contributed by atoms with van der Waals surface area (Å²) in [6, 6.07) is 6.33. The molecule has 0 bridgehead atoms. The lowest BCUT2D eigenvalue weighted by Crippen LogP contribution is -2.44. The highest BCUT2D eigenvalue weighted by Crippen LogP contribution is 2.24. The van der Waals surface area contributed by atoms with Crippen LogP contribution < -0.4 is 10.1 Å². The summed E-state index contributed by atoms with van der Waals surface area (Å²) in [5, 5.41) is 3.27. The molecule has 1 fully saturated rings. The van der Waals surface area contributed by atoms with E-state index in [1.807, 2.05) is 30.1 Å². The molecular weight excluding hydrogens is 356 g/mol. The summed E-state index contributed by atoms with van der Waals surface area (Å²) in [7, 11) is 3.61. The summed E-state index contributed by atoms with van der Waals surface area (Å²) in [6.45, 7) is 1.67. The van der Waals surface area contributed by atoms with Gasteiger partial charge in [-0.25, -0.2) is 0 Å². The maximum Gasteiger partial charge on any atom is 0.227 e. The van der Waals surface area contributed by atoms with E-state index in [4.69, 9.17) is 4.74 Å². The number of rotatable bonds is 4. The summed E-state index contributed by atoms with van der Waals surface area (Å²) in [5.41, 5.74) is 0.941. The van der Waals surface area contributed by atoms with E-state index in [1.165, 1.54) is 0 Å². The molecule has 1 aromatic rings. The Morgan fingerprint density at radius 3 is 2.67 bits per heavy atom. The number of hydrogen-bond donors (Lipinski definition) is 1. The van der Waals surface area contributed by atoms with E-state index < -0.39 is 0 Å². The molecule has 0 radical (unpaired) electrons. The van der Waals surface area contributed by atoms with Crippen molar-refractivity contribution in [1.29, 1.82) is 0 Å². The number of carbonyl (C=O) groups is 1. The number of nitrogens with zero attached hydrogens (tertiary/aromatic N) is 1. The number of amides is 1. The molecule has 0 atom stereocenters. The van der Waals surface area contributed by atoms with E-state index >= 15 is 0 Å². The van der Waals surface area contributed by atoms with E-state index in [0.29, 0.717) is 12.5 Å². The van der Waals surface area contributed by atoms with Crippen molar-refractivity contribution in [2.75, 3.05) is 27.2 Å². The Kier molecular flexibility index (Phi) is 7.49. The zero-order valence-electron chi connectivity index (χ0n) is 12.4. The third kappa shape index (κ3) is 4.87. The van der Waals surface area contributed by atoms with Crippen molar-refractivity contribution in [2.24, 2.45) is 0 Å². The molecule has 6 heteroatoms. The fourth-order valence-corrected chi connectivity index (χ4v) is 2.90. The van der Waals surface area contributed by atoms with Gasteiger partial charge in [-0.15, -0.1) is 12.4 Å². The molecule has 0 spiro atoms. The minimum atomic E-state index is 0. The molecule has 2 rings (SSSR count). The van der Waals surface area contributed by atoms with E-state index in [1.54, 1.807) is 7.11 Å². The van der Waals surface area contributed by atoms with Crippen molar-refractivity contribution in [2.45, 2.75) is 25.3 Å². The number of piperidine rings is 1. The van der Waals surface area contributed by atoms with Crippen LogP contribution in [0.2, 0.25) is 0 Å². The van der Waals surface area contributed by atoms with Gasteiger partial charge < -0.3 is 15.0 Å². The second-order valence-corrected chi connectivity index (χ2v) is 5.99. The van der Waals surface area contributed by atoms with Crippen LogP contribution >= 0.6 is 28.3 Å². The maximum atomic E-state index is 12.4. The molecule has 0 unspecified atom stereocenters. The Balaban J connectivity index is 0.00000220. The number of likely N-dealkylation sites (tertiary alicyclic amines) is 1. The van der Waals surface area contributed by atoms with Crippen molar-refractivity contribution < 1.29 is 9.53 Å². The predicted octanol–water partition coefficient (Wildman–Crippen LogP) is 2.63. The molecule has 1 heterocycles. The Morgan fingerprint density at radius 2 is 2.10 bits per heavy atom. The first-order valence-electron chi connectivity index (χ1n) is 6.91. The average molecular weight is 378 g/mol. The largest absolute Gasteiger partial charge is 0.496 e. The molecular formula is C15H22BrClN2O2. The molecule has 4 nitrogen and oxygen atoms in total. The van der Waals surface area contributed by atoms with E-state index in [-0.39, 0.29) is 18.3 Å². The Hall–Kier alpha value is -0.780. The van der Waals surface area contributed by atoms with E-state index in [0.717, 1.165) is 41.7 Å². The first kappa shape index (κ1) is 18.3. The smallest absolute Gasteiger partial charge is 0.227 e. The SMILES string of the molecule is CNC1CCN(C(=O)Cc2ccc(Br)cc2OC)CC1.Cl. The number of methoxy groups -OCH3 is 1. The Labute approximate surface area is 140 Å². The number of benzene rings is 1. The van der Waals surface area contributed by atoms with Gasteiger partial charge in [-0.05, 0) is 32.0 Å². The number of hydrogen-bond acceptors (Lipinski definition) is 3. The van der Waals surface area contributed by atoms with Crippen molar-refractivity contribution in [3.8, 4) is 5.75 Å². The van der Waals surface area contributed by atoms with Crippen molar-refractivity contribution in [3.63, 3.8) is 0 Å². The van der Waals surface area contributed by atoms with Gasteiger partial charge in [-0.3, -0.25) is 4.79 Å². The Bertz CT molecular complexity index is 477. The van der Waals surface area contributed by atoms with Crippen LogP contribution in [0.1, 0.15) is 18.4 Å². The summed E-state index contributed by atoms with van der Waals surface area (Å²) >= 11 is 3.41. The number of halogens is 2. The van der Waals surface area contributed by atoms with Crippen LogP contribution in [0, 0.1) is 0 Å². The van der Waals surface area contributed by atoms with E-state index in [2.05, 4.69) is 21.2 Å². The van der Waals surface area contributed by atoms with Crippen molar-refractivity contribution >= 4 is 34.2 Å². The highest BCUT2D eigenvalue weighted by Gasteiger charge is 2.22. The molecule has 1 N–H and O–H groups in total. The average Bonchev–Trinajstić information content (AvgIpc) is 2.49. The van der Waals surface area contributed by atoms with Crippen LogP contribution in [-0.2, 0) is 11.2 Å². The van der Waals surface area contributed by atoms with Gasteiger partial charge in [-0.2, -0.15) is 0 Å². The predicted molar refractivity (Wildman–Crippen MR) is 90.3 cm³/mol. The monoisotopic (exact) mass is 376 g/mol. The van der Waals surface area contributed by atoms with E-state index in [9.17, 15) is 4.79 Å². The highest BCUT2D eigenvalue weighted by atomic mass is 79.9. The second kappa shape index (κ2) is 8.61. The zero-order chi connectivity index (χ0) is 14.5. The van der Waals surface area contributed by atoms with Gasteiger partial charge >= 0.3 is 0 Å². The molecule has 1 aliphatic rings. The Morgan fingerprint density at radius 1 is 1.43 bits per heavy atom. The lowest BCUT2D eigenvalue weighted by molar-refractivity contribution is -0.131. The summed E-state index contributed by atoms with van der Waals surface area (Å²) < 4.78 is 6.30. The number of nitrogens with one attached hydrogen (secondary N) is 1. The molecule has 0 aromatic heterocycles. The lowest BCUT2D eigenvalue weighted by Gasteiger charge is -2.32. The van der Waals surface area contributed by atoms with Crippen molar-refractivity contribution in [1.82, 2.24) is 10.2 Å². The summed E-state index contributed by atoms with van der Waals surface area (Å²) in [5.74, 6) is 0.943. The third-order valence-corrected chi connectivity index (χ3v) is 4.34. The van der Waals surface area contributed by atoms with Gasteiger partial charge in [0.1, 0.15) is 5.75 Å². The quantitative estimate of drug-likeness (QED) is 0.877. The molecule has 1 aromatic carbocycles. The third-order valence-electron chi connectivity index (χ3n) is 3.85. The van der Waals surface area contributed by atoms with Gasteiger partial charge in [0.25, 0.3) is 0 Å². The highest BCUT2D eigenvalue weighted by molar-refractivity contribution is 9.10. The minimum Gasteiger partial charge on any atom is -0.496 e. The molecule has 0 saturated carbocycles. The normalized spacial score (nSPS) is 15.5. The molecule has 0 aliphatic carbocycles. The van der Waals surface area contributed by atoms with Crippen LogP contribution in [0.25, 0.3) is 0 Å². The minimum absolute atomic E-state index is 0. The number of carbonyl (C=O) groups excluding carboxylic acids is 1. The first-order chi connectivity index (χ1) is 9.63. The standard InChI is InChI=1S/C15H21BrN2O2.ClH/c1-17-13-5-7-18(8-6-13)15(19)9-11-3-4-12(16)10-14(11)20-2;/h3-4,10,13,17H,5-9H2,1-2H3;1H. The van der Waals surface area contributed by atoms with Crippen LogP contribution in [0.15, 0.2) is 22.7 Å². The van der Waals surface area contributed by atoms with Gasteiger partial charge in [0.2, 0.25) is 5.91 Å². The molecule has 21 heavy (non-hydrogen) atoms. The molecule has 1 amide bonds. The van der Waals surface area contributed by atoms with Gasteiger partial charge in [0.15, 0.2) is 0 Å². The second-order valence-electron chi connectivity index (χ2n) is 5.08. The lowest BCUT2D eigenvalue weighted by atomic mass is 10.0. The maximum absolute atomic E-state index is 12.4. The van der Waals surface area contributed by atoms with Gasteiger partial charge in [0, 0.05) is 29.2 Å². The fraction of sp³-hybridized carbons (Fsp3) is 0.533. The summed E-state index contributed by atoms with van der Waals surface area (Å²) in [4.78, 5) is 14.3. The van der Waals surface area contributed by atoms with Gasteiger partial charge in [0.05, 0.1) is 13.5 Å². The first-order valence-corrected chi connectivity index (χ1v) is 7.70. The molecule has 118 valence electrons. The van der Waals surface area contributed by atoms with Crippen LogP contribution in [0.3, 0.4) is 0 Å². The topological polar surface area (TPSA) is 41.6 Å². The van der Waals surface area contributed by atoms with Crippen LogP contribution in [0.4, 0.5) is 0 Å². The number of ether oxygens (including phenoxy) is 1. The fourth-order valence-electron chi connectivity index (χ4n) is 2.56. The van der Waals surface area contributed by atoms with Crippen LogP contribution in [0.5, 0.6) is 5.75 Å². The zero-order valence-corrected chi connectivity index (χ0v) is 14.8. The molecule has 1 saturated heterocycles. The van der Waals surface area contributed by atoms with Crippen LogP contribution in [-0.4, -0.2) is 44.1 Å². The van der Waals surface area contributed by atoms with Crippen molar-refractivity contribution in [3.05, 3.63) is 28.2 Å². The molecule has 1 aliphatic heterocycles. The summed E-state index contributed by atoms with van der Waals surface area (Å²) in [6.07, 6.45) is 2.46. The van der Waals surface area contributed by atoms with Gasteiger partial charge in [-0.1, -0.05) is 22.0 Å².